The number of nitrogens with zero attached hydrogens (tertiary/aromatic N) is 1. The monoisotopic (exact) mass is 257 g/mol. The van der Waals surface area contributed by atoms with Crippen LogP contribution in [0.2, 0.25) is 0 Å². The van der Waals surface area contributed by atoms with Crippen molar-refractivity contribution in [3.05, 3.63) is 30.1 Å². The van der Waals surface area contributed by atoms with Gasteiger partial charge in [-0.15, -0.1) is 0 Å². The first-order valence-corrected chi connectivity index (χ1v) is 6.80. The number of benzene rings is 1. The van der Waals surface area contributed by atoms with Crippen molar-refractivity contribution in [1.82, 2.24) is 15.3 Å². The van der Waals surface area contributed by atoms with Crippen LogP contribution in [0.3, 0.4) is 0 Å². The predicted molar refractivity (Wildman–Crippen MR) is 75.0 cm³/mol. The lowest BCUT2D eigenvalue weighted by molar-refractivity contribution is 0.0910. The van der Waals surface area contributed by atoms with Gasteiger partial charge in [0.15, 0.2) is 0 Å². The average molecular weight is 257 g/mol. The number of carbonyl (C=O) groups is 1. The van der Waals surface area contributed by atoms with Crippen LogP contribution in [0, 0.1) is 5.41 Å². The van der Waals surface area contributed by atoms with Crippen LogP contribution in [0.15, 0.2) is 24.5 Å². The fraction of sp³-hybridized carbons (Fsp3) is 0.467. The van der Waals surface area contributed by atoms with E-state index in [1.165, 1.54) is 12.8 Å². The maximum Gasteiger partial charge on any atom is 0.251 e. The van der Waals surface area contributed by atoms with E-state index in [-0.39, 0.29) is 17.4 Å². The SMILES string of the molecule is CC1(C)CCCC1NC(=O)c1ccc2nc[nH]c2c1. The Hall–Kier alpha value is -1.84. The molecule has 1 aliphatic rings. The summed E-state index contributed by atoms with van der Waals surface area (Å²) in [5.41, 5.74) is 2.68. The lowest BCUT2D eigenvalue weighted by Crippen LogP contribution is -2.41. The summed E-state index contributed by atoms with van der Waals surface area (Å²) in [4.78, 5) is 19.5. The van der Waals surface area contributed by atoms with Crippen molar-refractivity contribution in [2.24, 2.45) is 5.41 Å². The Balaban J connectivity index is 1.80. The van der Waals surface area contributed by atoms with Crippen molar-refractivity contribution in [2.45, 2.75) is 39.2 Å². The summed E-state index contributed by atoms with van der Waals surface area (Å²) in [5.74, 6) is 0.0106. The van der Waals surface area contributed by atoms with Crippen molar-refractivity contribution < 1.29 is 4.79 Å². The van der Waals surface area contributed by atoms with Gasteiger partial charge in [-0.05, 0) is 36.5 Å². The zero-order valence-corrected chi connectivity index (χ0v) is 11.4. The third-order valence-electron chi connectivity index (χ3n) is 4.24. The zero-order valence-electron chi connectivity index (χ0n) is 11.4. The second-order valence-corrected chi connectivity index (χ2v) is 6.04. The molecule has 1 saturated carbocycles. The van der Waals surface area contributed by atoms with E-state index in [2.05, 4.69) is 29.1 Å². The maximum absolute atomic E-state index is 12.3. The normalized spacial score (nSPS) is 21.7. The Morgan fingerprint density at radius 3 is 3.05 bits per heavy atom. The quantitative estimate of drug-likeness (QED) is 0.869. The summed E-state index contributed by atoms with van der Waals surface area (Å²) in [6.45, 7) is 4.45. The topological polar surface area (TPSA) is 57.8 Å². The summed E-state index contributed by atoms with van der Waals surface area (Å²) >= 11 is 0. The first-order chi connectivity index (χ1) is 9.06. The molecule has 4 nitrogen and oxygen atoms in total. The van der Waals surface area contributed by atoms with E-state index >= 15 is 0 Å². The van der Waals surface area contributed by atoms with E-state index in [0.717, 1.165) is 17.5 Å². The highest BCUT2D eigenvalue weighted by atomic mass is 16.1. The maximum atomic E-state index is 12.3. The first-order valence-electron chi connectivity index (χ1n) is 6.80. The van der Waals surface area contributed by atoms with E-state index in [1.807, 2.05) is 18.2 Å². The van der Waals surface area contributed by atoms with Gasteiger partial charge in [-0.1, -0.05) is 20.3 Å². The van der Waals surface area contributed by atoms with E-state index in [4.69, 9.17) is 0 Å². The number of hydrogen-bond acceptors (Lipinski definition) is 2. The fourth-order valence-corrected chi connectivity index (χ4v) is 2.91. The van der Waals surface area contributed by atoms with Gasteiger partial charge in [-0.2, -0.15) is 0 Å². The van der Waals surface area contributed by atoms with E-state index in [0.29, 0.717) is 5.56 Å². The minimum absolute atomic E-state index is 0.0106. The van der Waals surface area contributed by atoms with Gasteiger partial charge in [0, 0.05) is 11.6 Å². The highest BCUT2D eigenvalue weighted by Gasteiger charge is 2.35. The molecule has 0 radical (unpaired) electrons. The van der Waals surface area contributed by atoms with Crippen molar-refractivity contribution in [3.8, 4) is 0 Å². The van der Waals surface area contributed by atoms with Crippen LogP contribution in [0.4, 0.5) is 0 Å². The molecule has 0 saturated heterocycles. The van der Waals surface area contributed by atoms with Crippen molar-refractivity contribution >= 4 is 16.9 Å². The molecule has 1 fully saturated rings. The summed E-state index contributed by atoms with van der Waals surface area (Å²) < 4.78 is 0. The molecule has 2 N–H and O–H groups in total. The fourth-order valence-electron chi connectivity index (χ4n) is 2.91. The Morgan fingerprint density at radius 1 is 1.47 bits per heavy atom. The number of aromatic amines is 1. The summed E-state index contributed by atoms with van der Waals surface area (Å²) in [6, 6.07) is 5.85. The summed E-state index contributed by atoms with van der Waals surface area (Å²) in [6.07, 6.45) is 5.09. The second kappa shape index (κ2) is 4.37. The molecule has 1 amide bonds. The van der Waals surface area contributed by atoms with Crippen LogP contribution in [-0.4, -0.2) is 21.9 Å². The Morgan fingerprint density at radius 2 is 2.32 bits per heavy atom. The van der Waals surface area contributed by atoms with E-state index in [9.17, 15) is 4.79 Å². The highest BCUT2D eigenvalue weighted by Crippen LogP contribution is 2.37. The van der Waals surface area contributed by atoms with Crippen molar-refractivity contribution in [1.29, 1.82) is 0 Å². The van der Waals surface area contributed by atoms with E-state index < -0.39 is 0 Å². The molecule has 1 aromatic heterocycles. The Bertz CT molecular complexity index is 615. The third kappa shape index (κ3) is 2.23. The largest absolute Gasteiger partial charge is 0.349 e. The van der Waals surface area contributed by atoms with Crippen LogP contribution >= 0.6 is 0 Å². The van der Waals surface area contributed by atoms with Gasteiger partial charge in [0.25, 0.3) is 5.91 Å². The van der Waals surface area contributed by atoms with Gasteiger partial charge < -0.3 is 10.3 Å². The number of rotatable bonds is 2. The molecular formula is C15H19N3O. The van der Waals surface area contributed by atoms with Gasteiger partial charge in [0.1, 0.15) is 0 Å². The van der Waals surface area contributed by atoms with Crippen LogP contribution < -0.4 is 5.32 Å². The average Bonchev–Trinajstić information content (AvgIpc) is 2.95. The molecule has 1 unspecified atom stereocenters. The molecule has 19 heavy (non-hydrogen) atoms. The van der Waals surface area contributed by atoms with Crippen LogP contribution in [0.1, 0.15) is 43.5 Å². The van der Waals surface area contributed by atoms with Crippen molar-refractivity contribution in [3.63, 3.8) is 0 Å². The Labute approximate surface area is 112 Å². The summed E-state index contributed by atoms with van der Waals surface area (Å²) in [5, 5.41) is 3.17. The molecule has 0 aliphatic heterocycles. The molecule has 1 aliphatic carbocycles. The summed E-state index contributed by atoms with van der Waals surface area (Å²) in [7, 11) is 0. The standard InChI is InChI=1S/C15H19N3O/c1-15(2)7-3-4-13(15)18-14(19)10-5-6-11-12(8-10)17-9-16-11/h5-6,8-9,13H,3-4,7H2,1-2H3,(H,16,17)(H,18,19). The molecule has 1 aromatic carbocycles. The number of carbonyl (C=O) groups excluding carboxylic acids is 1. The smallest absolute Gasteiger partial charge is 0.251 e. The molecule has 1 atom stereocenters. The lowest BCUT2D eigenvalue weighted by Gasteiger charge is -2.27. The predicted octanol–water partition coefficient (Wildman–Crippen LogP) is 2.87. The molecule has 4 heteroatoms. The van der Waals surface area contributed by atoms with Gasteiger partial charge in [0.05, 0.1) is 17.4 Å². The number of aromatic nitrogens is 2. The number of imidazole rings is 1. The minimum atomic E-state index is 0.0106. The first kappa shape index (κ1) is 12.2. The van der Waals surface area contributed by atoms with Gasteiger partial charge >= 0.3 is 0 Å². The number of amides is 1. The van der Waals surface area contributed by atoms with Gasteiger partial charge in [-0.25, -0.2) is 4.98 Å². The zero-order chi connectivity index (χ0) is 13.5. The van der Waals surface area contributed by atoms with Gasteiger partial charge in [0.2, 0.25) is 0 Å². The lowest BCUT2D eigenvalue weighted by atomic mass is 9.87. The number of fused-ring (bicyclic) bond motifs is 1. The number of H-pyrrole nitrogens is 1. The van der Waals surface area contributed by atoms with Crippen LogP contribution in [-0.2, 0) is 0 Å². The molecule has 3 rings (SSSR count). The van der Waals surface area contributed by atoms with Crippen LogP contribution in [0.5, 0.6) is 0 Å². The number of hydrogen-bond donors (Lipinski definition) is 2. The highest BCUT2D eigenvalue weighted by molar-refractivity contribution is 5.97. The van der Waals surface area contributed by atoms with Crippen LogP contribution in [0.25, 0.3) is 11.0 Å². The van der Waals surface area contributed by atoms with Gasteiger partial charge in [-0.3, -0.25) is 4.79 Å². The van der Waals surface area contributed by atoms with Crippen molar-refractivity contribution in [2.75, 3.05) is 0 Å². The molecular weight excluding hydrogens is 238 g/mol. The molecule has 0 bridgehead atoms. The Kier molecular flexibility index (Phi) is 2.81. The molecule has 1 heterocycles. The number of nitrogens with one attached hydrogen (secondary N) is 2. The second-order valence-electron chi connectivity index (χ2n) is 6.04. The molecule has 100 valence electrons. The third-order valence-corrected chi connectivity index (χ3v) is 4.24. The minimum Gasteiger partial charge on any atom is -0.349 e. The molecule has 0 spiro atoms. The van der Waals surface area contributed by atoms with E-state index in [1.54, 1.807) is 6.33 Å². The molecule has 2 aromatic rings.